The number of rotatable bonds is 6. The number of ether oxygens (including phenoxy) is 2. The van der Waals surface area contributed by atoms with Crippen LogP contribution in [0, 0.1) is 0 Å². The van der Waals surface area contributed by atoms with Crippen molar-refractivity contribution in [3.8, 4) is 17.0 Å². The van der Waals surface area contributed by atoms with Crippen LogP contribution in [0.25, 0.3) is 11.3 Å². The number of hydrogen-bond acceptors (Lipinski definition) is 4. The lowest BCUT2D eigenvalue weighted by Crippen LogP contribution is -2.40. The zero-order valence-corrected chi connectivity index (χ0v) is 18.5. The molecule has 0 spiro atoms. The Morgan fingerprint density at radius 3 is 2.43 bits per heavy atom. The van der Waals surface area contributed by atoms with E-state index in [1.54, 1.807) is 7.11 Å². The third-order valence-electron chi connectivity index (χ3n) is 5.22. The molecule has 7 heteroatoms. The van der Waals surface area contributed by atoms with Crippen molar-refractivity contribution in [1.82, 2.24) is 14.7 Å². The van der Waals surface area contributed by atoms with Crippen LogP contribution >= 0.6 is 15.9 Å². The molecule has 0 bridgehead atoms. The second-order valence-electron chi connectivity index (χ2n) is 7.14. The summed E-state index contributed by atoms with van der Waals surface area (Å²) in [6, 6.07) is 17.8. The average Bonchev–Trinajstić information content (AvgIpc) is 3.22. The molecular weight excluding hydrogens is 446 g/mol. The molecule has 1 aliphatic heterocycles. The van der Waals surface area contributed by atoms with E-state index < -0.39 is 0 Å². The lowest BCUT2D eigenvalue weighted by atomic mass is 10.1. The SMILES string of the molecule is COc1ccc(Cn2nc(-c3ccc(C(=O)N4CCOCC4)cc3)cc2CBr)cc1. The number of morpholine rings is 1. The Hall–Kier alpha value is -2.64. The number of carbonyl (C=O) groups is 1. The summed E-state index contributed by atoms with van der Waals surface area (Å²) in [4.78, 5) is 14.5. The van der Waals surface area contributed by atoms with Crippen LogP contribution in [0.5, 0.6) is 5.75 Å². The molecule has 1 aliphatic rings. The van der Waals surface area contributed by atoms with E-state index in [-0.39, 0.29) is 5.91 Å². The van der Waals surface area contributed by atoms with Crippen molar-refractivity contribution in [2.75, 3.05) is 33.4 Å². The number of alkyl halides is 1. The van der Waals surface area contributed by atoms with Crippen molar-refractivity contribution in [2.24, 2.45) is 0 Å². The first-order chi connectivity index (χ1) is 14.7. The van der Waals surface area contributed by atoms with E-state index in [0.29, 0.717) is 43.7 Å². The van der Waals surface area contributed by atoms with Crippen molar-refractivity contribution < 1.29 is 14.3 Å². The fourth-order valence-corrected chi connectivity index (χ4v) is 3.93. The number of carbonyl (C=O) groups excluding carboxylic acids is 1. The van der Waals surface area contributed by atoms with E-state index in [1.165, 1.54) is 0 Å². The van der Waals surface area contributed by atoms with Gasteiger partial charge in [0.25, 0.3) is 5.91 Å². The number of aromatic nitrogens is 2. The monoisotopic (exact) mass is 469 g/mol. The van der Waals surface area contributed by atoms with Gasteiger partial charge in [-0.05, 0) is 35.9 Å². The topological polar surface area (TPSA) is 56.6 Å². The van der Waals surface area contributed by atoms with E-state index in [1.807, 2.05) is 58.1 Å². The van der Waals surface area contributed by atoms with Gasteiger partial charge in [0, 0.05) is 35.2 Å². The second-order valence-corrected chi connectivity index (χ2v) is 7.70. The minimum atomic E-state index is 0.0519. The number of hydrogen-bond donors (Lipinski definition) is 0. The standard InChI is InChI=1S/C23H24BrN3O3/c1-29-21-8-2-17(3-9-21)16-27-20(15-24)14-22(25-27)18-4-6-19(7-5-18)23(28)26-10-12-30-13-11-26/h2-9,14H,10-13,15-16H2,1H3. The van der Waals surface area contributed by atoms with Crippen LogP contribution in [-0.2, 0) is 16.6 Å². The Bertz CT molecular complexity index is 994. The molecule has 1 saturated heterocycles. The Kier molecular flexibility index (Phi) is 6.50. The van der Waals surface area contributed by atoms with Gasteiger partial charge in [0.15, 0.2) is 0 Å². The van der Waals surface area contributed by atoms with Gasteiger partial charge in [-0.3, -0.25) is 9.48 Å². The molecule has 2 aromatic carbocycles. The summed E-state index contributed by atoms with van der Waals surface area (Å²) in [5.74, 6) is 0.892. The number of methoxy groups -OCH3 is 1. The number of amides is 1. The van der Waals surface area contributed by atoms with Crippen LogP contribution in [-0.4, -0.2) is 54.0 Å². The number of nitrogens with zero attached hydrogens (tertiary/aromatic N) is 3. The Balaban J connectivity index is 1.51. The van der Waals surface area contributed by atoms with Gasteiger partial charge in [-0.25, -0.2) is 0 Å². The highest BCUT2D eigenvalue weighted by Gasteiger charge is 2.18. The minimum Gasteiger partial charge on any atom is -0.497 e. The third kappa shape index (κ3) is 4.57. The van der Waals surface area contributed by atoms with Crippen molar-refractivity contribution in [2.45, 2.75) is 11.9 Å². The first-order valence-corrected chi connectivity index (χ1v) is 11.0. The maximum atomic E-state index is 12.6. The van der Waals surface area contributed by atoms with Crippen LogP contribution < -0.4 is 4.74 Å². The summed E-state index contributed by atoms with van der Waals surface area (Å²) in [6.45, 7) is 3.17. The first kappa shape index (κ1) is 20.6. The molecule has 1 amide bonds. The molecule has 2 heterocycles. The molecule has 0 aliphatic carbocycles. The lowest BCUT2D eigenvalue weighted by molar-refractivity contribution is 0.0303. The Morgan fingerprint density at radius 2 is 1.80 bits per heavy atom. The van der Waals surface area contributed by atoms with Crippen molar-refractivity contribution in [3.05, 3.63) is 71.4 Å². The maximum absolute atomic E-state index is 12.6. The van der Waals surface area contributed by atoms with Crippen LogP contribution in [0.15, 0.2) is 54.6 Å². The van der Waals surface area contributed by atoms with Crippen LogP contribution in [0.2, 0.25) is 0 Å². The zero-order valence-electron chi connectivity index (χ0n) is 16.9. The largest absolute Gasteiger partial charge is 0.497 e. The van der Waals surface area contributed by atoms with Gasteiger partial charge < -0.3 is 14.4 Å². The van der Waals surface area contributed by atoms with Crippen LogP contribution in [0.1, 0.15) is 21.6 Å². The van der Waals surface area contributed by atoms with Crippen LogP contribution in [0.3, 0.4) is 0 Å². The van der Waals surface area contributed by atoms with Gasteiger partial charge in [-0.2, -0.15) is 5.10 Å². The van der Waals surface area contributed by atoms with Crippen LogP contribution in [0.4, 0.5) is 0 Å². The van der Waals surface area contributed by atoms with E-state index >= 15 is 0 Å². The molecule has 0 saturated carbocycles. The zero-order chi connectivity index (χ0) is 20.9. The van der Waals surface area contributed by atoms with Gasteiger partial charge in [0.1, 0.15) is 5.75 Å². The highest BCUT2D eigenvalue weighted by atomic mass is 79.9. The van der Waals surface area contributed by atoms with Gasteiger partial charge in [0.05, 0.1) is 32.6 Å². The molecule has 0 N–H and O–H groups in total. The molecule has 0 unspecified atom stereocenters. The van der Waals surface area contributed by atoms with Gasteiger partial charge >= 0.3 is 0 Å². The summed E-state index contributed by atoms with van der Waals surface area (Å²) in [5.41, 5.74) is 4.82. The highest BCUT2D eigenvalue weighted by molar-refractivity contribution is 9.08. The van der Waals surface area contributed by atoms with Gasteiger partial charge in [-0.1, -0.05) is 40.2 Å². The Morgan fingerprint density at radius 1 is 1.10 bits per heavy atom. The number of halogens is 1. The first-order valence-electron chi connectivity index (χ1n) is 9.91. The third-order valence-corrected chi connectivity index (χ3v) is 5.79. The predicted molar refractivity (Wildman–Crippen MR) is 119 cm³/mol. The molecule has 156 valence electrons. The summed E-state index contributed by atoms with van der Waals surface area (Å²) in [5, 5.41) is 5.51. The molecule has 6 nitrogen and oxygen atoms in total. The van der Waals surface area contributed by atoms with Crippen molar-refractivity contribution >= 4 is 21.8 Å². The predicted octanol–water partition coefficient (Wildman–Crippen LogP) is 3.97. The lowest BCUT2D eigenvalue weighted by Gasteiger charge is -2.26. The average molecular weight is 470 g/mol. The normalized spacial score (nSPS) is 14.0. The smallest absolute Gasteiger partial charge is 0.254 e. The fraction of sp³-hybridized carbons (Fsp3) is 0.304. The summed E-state index contributed by atoms with van der Waals surface area (Å²) >= 11 is 3.56. The maximum Gasteiger partial charge on any atom is 0.254 e. The van der Waals surface area contributed by atoms with Gasteiger partial charge in [-0.15, -0.1) is 0 Å². The molecule has 1 aromatic heterocycles. The summed E-state index contributed by atoms with van der Waals surface area (Å²) in [6.07, 6.45) is 0. The van der Waals surface area contributed by atoms with E-state index in [4.69, 9.17) is 14.6 Å². The summed E-state index contributed by atoms with van der Waals surface area (Å²) < 4.78 is 12.6. The summed E-state index contributed by atoms with van der Waals surface area (Å²) in [7, 11) is 1.66. The Labute approximate surface area is 184 Å². The molecule has 30 heavy (non-hydrogen) atoms. The number of benzene rings is 2. The minimum absolute atomic E-state index is 0.0519. The molecule has 0 radical (unpaired) electrons. The molecular formula is C23H24BrN3O3. The highest BCUT2D eigenvalue weighted by Crippen LogP contribution is 2.23. The fourth-order valence-electron chi connectivity index (χ4n) is 3.48. The molecule has 3 aromatic rings. The van der Waals surface area contributed by atoms with Crippen molar-refractivity contribution in [1.29, 1.82) is 0 Å². The molecule has 1 fully saturated rings. The van der Waals surface area contributed by atoms with E-state index in [9.17, 15) is 4.79 Å². The van der Waals surface area contributed by atoms with E-state index in [2.05, 4.69) is 22.0 Å². The quantitative estimate of drug-likeness (QED) is 0.512. The van der Waals surface area contributed by atoms with Crippen molar-refractivity contribution in [3.63, 3.8) is 0 Å². The van der Waals surface area contributed by atoms with Gasteiger partial charge in [0.2, 0.25) is 0 Å². The molecule has 4 rings (SSSR count). The second kappa shape index (κ2) is 9.45. The molecule has 0 atom stereocenters. The van der Waals surface area contributed by atoms with E-state index in [0.717, 1.165) is 28.3 Å².